The van der Waals surface area contributed by atoms with Crippen LogP contribution in [0, 0.1) is 0 Å². The molecule has 1 saturated heterocycles. The summed E-state index contributed by atoms with van der Waals surface area (Å²) in [6, 6.07) is 5.77. The number of likely N-dealkylation sites (tertiary alicyclic amines) is 1. The number of methoxy groups -OCH3 is 2. The van der Waals surface area contributed by atoms with Crippen LogP contribution in [-0.4, -0.2) is 69.0 Å². The Hall–Kier alpha value is -2.25. The van der Waals surface area contributed by atoms with Gasteiger partial charge in [0.15, 0.2) is 5.96 Å². The van der Waals surface area contributed by atoms with Crippen molar-refractivity contribution >= 4 is 5.96 Å². The van der Waals surface area contributed by atoms with Crippen molar-refractivity contribution in [3.63, 3.8) is 0 Å². The molecule has 1 aliphatic rings. The summed E-state index contributed by atoms with van der Waals surface area (Å²) in [5.41, 5.74) is 1.87. The normalized spacial score (nSPS) is 16.9. The van der Waals surface area contributed by atoms with Gasteiger partial charge in [-0.15, -0.1) is 0 Å². The van der Waals surface area contributed by atoms with E-state index in [1.807, 2.05) is 13.0 Å². The molecule has 0 saturated carbocycles. The largest absolute Gasteiger partial charge is 0.497 e. The number of aliphatic imine (C=N–C) groups is 1. The van der Waals surface area contributed by atoms with Crippen molar-refractivity contribution in [1.82, 2.24) is 15.5 Å². The van der Waals surface area contributed by atoms with Crippen molar-refractivity contribution in [3.05, 3.63) is 35.9 Å². The summed E-state index contributed by atoms with van der Waals surface area (Å²) in [4.78, 5) is 7.04. The van der Waals surface area contributed by atoms with Gasteiger partial charge in [0.1, 0.15) is 17.6 Å². The Morgan fingerprint density at radius 3 is 2.62 bits per heavy atom. The SMILES string of the molecule is C=C(C)CN1CCC(NC(=NCC(O)c2cc(OC)ccc2OC)NCC)CC1. The van der Waals surface area contributed by atoms with Crippen LogP contribution in [0.2, 0.25) is 0 Å². The topological polar surface area (TPSA) is 78.4 Å². The van der Waals surface area contributed by atoms with Crippen molar-refractivity contribution in [2.45, 2.75) is 38.8 Å². The van der Waals surface area contributed by atoms with E-state index in [0.717, 1.165) is 45.0 Å². The van der Waals surface area contributed by atoms with Crippen molar-refractivity contribution in [3.8, 4) is 11.5 Å². The number of hydrogen-bond acceptors (Lipinski definition) is 5. The Balaban J connectivity index is 1.98. The minimum Gasteiger partial charge on any atom is -0.497 e. The highest BCUT2D eigenvalue weighted by molar-refractivity contribution is 5.80. The molecule has 0 aromatic heterocycles. The Bertz CT molecular complexity index is 685. The molecule has 0 radical (unpaired) electrons. The summed E-state index contributed by atoms with van der Waals surface area (Å²) >= 11 is 0. The van der Waals surface area contributed by atoms with Gasteiger partial charge in [-0.3, -0.25) is 9.89 Å². The number of guanidine groups is 1. The zero-order valence-corrected chi connectivity index (χ0v) is 18.2. The number of nitrogens with one attached hydrogen (secondary N) is 2. The second-order valence-corrected chi connectivity index (χ2v) is 7.50. The lowest BCUT2D eigenvalue weighted by atomic mass is 10.0. The molecule has 0 bridgehead atoms. The van der Waals surface area contributed by atoms with Gasteiger partial charge >= 0.3 is 0 Å². The molecule has 1 unspecified atom stereocenters. The van der Waals surface area contributed by atoms with E-state index in [4.69, 9.17) is 9.47 Å². The van der Waals surface area contributed by atoms with Gasteiger partial charge in [-0.05, 0) is 44.9 Å². The summed E-state index contributed by atoms with van der Waals surface area (Å²) in [6.07, 6.45) is 1.33. The number of aliphatic hydroxyl groups excluding tert-OH is 1. The van der Waals surface area contributed by atoms with Crippen LogP contribution < -0.4 is 20.1 Å². The maximum atomic E-state index is 10.7. The minimum absolute atomic E-state index is 0.230. The molecular weight excluding hydrogens is 368 g/mol. The molecule has 1 aromatic carbocycles. The quantitative estimate of drug-likeness (QED) is 0.333. The molecule has 1 fully saturated rings. The smallest absolute Gasteiger partial charge is 0.191 e. The van der Waals surface area contributed by atoms with Gasteiger partial charge in [0, 0.05) is 37.8 Å². The fourth-order valence-corrected chi connectivity index (χ4v) is 3.51. The average molecular weight is 405 g/mol. The summed E-state index contributed by atoms with van der Waals surface area (Å²) in [5.74, 6) is 2.03. The highest BCUT2D eigenvalue weighted by Crippen LogP contribution is 2.29. The number of benzene rings is 1. The molecule has 1 heterocycles. The minimum atomic E-state index is -0.784. The summed E-state index contributed by atoms with van der Waals surface area (Å²) in [5, 5.41) is 17.5. The first-order chi connectivity index (χ1) is 14.0. The molecule has 0 aliphatic carbocycles. The number of piperidine rings is 1. The second-order valence-electron chi connectivity index (χ2n) is 7.50. The standard InChI is InChI=1S/C22H36N4O3/c1-6-23-22(25-17-9-11-26(12-10-17)15-16(2)3)24-14-20(27)19-13-18(28-4)7-8-21(19)29-5/h7-8,13,17,20,27H,2,6,9-12,14-15H2,1,3-5H3,(H2,23,24,25). The van der Waals surface area contributed by atoms with Crippen molar-refractivity contribution < 1.29 is 14.6 Å². The van der Waals surface area contributed by atoms with E-state index in [2.05, 4.69) is 34.0 Å². The van der Waals surface area contributed by atoms with E-state index >= 15 is 0 Å². The van der Waals surface area contributed by atoms with Crippen LogP contribution in [0.15, 0.2) is 35.3 Å². The summed E-state index contributed by atoms with van der Waals surface area (Å²) in [6.45, 7) is 12.2. The predicted molar refractivity (Wildman–Crippen MR) is 118 cm³/mol. The van der Waals surface area contributed by atoms with E-state index in [1.165, 1.54) is 5.57 Å². The van der Waals surface area contributed by atoms with Gasteiger partial charge in [0.2, 0.25) is 0 Å². The Morgan fingerprint density at radius 1 is 1.31 bits per heavy atom. The highest BCUT2D eigenvalue weighted by Gasteiger charge is 2.20. The van der Waals surface area contributed by atoms with Crippen LogP contribution in [0.5, 0.6) is 11.5 Å². The molecule has 29 heavy (non-hydrogen) atoms. The van der Waals surface area contributed by atoms with Gasteiger partial charge in [0.05, 0.1) is 20.8 Å². The molecule has 162 valence electrons. The van der Waals surface area contributed by atoms with Crippen LogP contribution in [0.3, 0.4) is 0 Å². The monoisotopic (exact) mass is 404 g/mol. The van der Waals surface area contributed by atoms with Crippen molar-refractivity contribution in [1.29, 1.82) is 0 Å². The van der Waals surface area contributed by atoms with Crippen molar-refractivity contribution in [2.24, 2.45) is 4.99 Å². The predicted octanol–water partition coefficient (Wildman–Crippen LogP) is 2.33. The van der Waals surface area contributed by atoms with Gasteiger partial charge in [-0.1, -0.05) is 12.2 Å². The maximum absolute atomic E-state index is 10.7. The van der Waals surface area contributed by atoms with E-state index < -0.39 is 6.10 Å². The van der Waals surface area contributed by atoms with Gasteiger partial charge in [-0.25, -0.2) is 0 Å². The summed E-state index contributed by atoms with van der Waals surface area (Å²) in [7, 11) is 3.19. The molecule has 7 heteroatoms. The first kappa shape index (κ1) is 23.0. The number of ether oxygens (including phenoxy) is 2. The Kier molecular flexibility index (Phi) is 9.28. The first-order valence-corrected chi connectivity index (χ1v) is 10.3. The second kappa shape index (κ2) is 11.7. The first-order valence-electron chi connectivity index (χ1n) is 10.3. The summed E-state index contributed by atoms with van der Waals surface area (Å²) < 4.78 is 10.6. The molecule has 1 aromatic rings. The van der Waals surface area contributed by atoms with Crippen LogP contribution in [-0.2, 0) is 0 Å². The van der Waals surface area contributed by atoms with Gasteiger partial charge in [0.25, 0.3) is 0 Å². The zero-order chi connectivity index (χ0) is 21.2. The maximum Gasteiger partial charge on any atom is 0.191 e. The Morgan fingerprint density at radius 2 is 2.03 bits per heavy atom. The molecule has 1 atom stereocenters. The molecule has 3 N–H and O–H groups in total. The molecule has 1 aliphatic heterocycles. The Labute approximate surface area is 174 Å². The number of hydrogen-bond donors (Lipinski definition) is 3. The van der Waals surface area contributed by atoms with Crippen LogP contribution in [0.4, 0.5) is 0 Å². The molecule has 2 rings (SSSR count). The van der Waals surface area contributed by atoms with Crippen molar-refractivity contribution in [2.75, 3.05) is 46.9 Å². The lowest BCUT2D eigenvalue weighted by molar-refractivity contribution is 0.181. The van der Waals surface area contributed by atoms with Gasteiger partial charge in [-0.2, -0.15) is 0 Å². The number of aliphatic hydroxyl groups is 1. The number of nitrogens with zero attached hydrogens (tertiary/aromatic N) is 2. The third-order valence-corrected chi connectivity index (χ3v) is 4.98. The molecule has 7 nitrogen and oxygen atoms in total. The molecular formula is C22H36N4O3. The molecule has 0 amide bonds. The number of rotatable bonds is 9. The molecule has 0 spiro atoms. The fourth-order valence-electron chi connectivity index (χ4n) is 3.51. The van der Waals surface area contributed by atoms with Gasteiger partial charge < -0.3 is 25.2 Å². The van der Waals surface area contributed by atoms with Crippen LogP contribution in [0.25, 0.3) is 0 Å². The third kappa shape index (κ3) is 7.25. The highest BCUT2D eigenvalue weighted by atomic mass is 16.5. The van der Waals surface area contributed by atoms with Crippen LogP contribution in [0.1, 0.15) is 38.4 Å². The third-order valence-electron chi connectivity index (χ3n) is 4.98. The van der Waals surface area contributed by atoms with Crippen LogP contribution >= 0.6 is 0 Å². The lowest BCUT2D eigenvalue weighted by Gasteiger charge is -2.33. The average Bonchev–Trinajstić information content (AvgIpc) is 2.72. The van der Waals surface area contributed by atoms with E-state index in [0.29, 0.717) is 23.1 Å². The lowest BCUT2D eigenvalue weighted by Crippen LogP contribution is -2.49. The fraction of sp³-hybridized carbons (Fsp3) is 0.591. The van der Waals surface area contributed by atoms with E-state index in [9.17, 15) is 5.11 Å². The zero-order valence-electron chi connectivity index (χ0n) is 18.2. The van der Waals surface area contributed by atoms with E-state index in [-0.39, 0.29) is 6.54 Å². The van der Waals surface area contributed by atoms with E-state index in [1.54, 1.807) is 26.4 Å².